The van der Waals surface area contributed by atoms with Crippen molar-refractivity contribution in [2.24, 2.45) is 0 Å². The van der Waals surface area contributed by atoms with Crippen molar-refractivity contribution in [1.29, 1.82) is 0 Å². The number of amides is 1. The number of carbonyl (C=O) groups excluding carboxylic acids is 1. The van der Waals surface area contributed by atoms with Gasteiger partial charge in [0, 0.05) is 16.1 Å². The monoisotopic (exact) mass is 325 g/mol. The zero-order chi connectivity index (χ0) is 16.6. The minimum absolute atomic E-state index is 0.260. The Morgan fingerprint density at radius 2 is 1.78 bits per heavy atom. The molecule has 0 saturated carbocycles. The second-order valence-corrected chi connectivity index (χ2v) is 5.97. The molecule has 3 rings (SSSR count). The summed E-state index contributed by atoms with van der Waals surface area (Å²) in [7, 11) is 0. The molecule has 0 bridgehead atoms. The Bertz CT molecular complexity index is 898. The van der Waals surface area contributed by atoms with Crippen LogP contribution in [-0.4, -0.2) is 15.9 Å². The van der Waals surface area contributed by atoms with Gasteiger partial charge in [-0.15, -0.1) is 0 Å². The lowest BCUT2D eigenvalue weighted by atomic mass is 10.1. The third-order valence-electron chi connectivity index (χ3n) is 3.65. The lowest BCUT2D eigenvalue weighted by Crippen LogP contribution is -2.16. The standard InChI is InChI=1S/C18H16ClN3O/c1-10-8-11(2)20-12(3)17(10)22-18(23)15-7-5-13-4-6-14(19)9-16(13)21-15/h4-9H,1-3H3,(H,22,23). The molecule has 0 aliphatic carbocycles. The fraction of sp³-hybridized carbons (Fsp3) is 0.167. The maximum absolute atomic E-state index is 12.5. The number of nitrogens with one attached hydrogen (secondary N) is 1. The van der Waals surface area contributed by atoms with Crippen LogP contribution >= 0.6 is 11.6 Å². The predicted molar refractivity (Wildman–Crippen MR) is 93.2 cm³/mol. The van der Waals surface area contributed by atoms with Crippen LogP contribution in [0.15, 0.2) is 36.4 Å². The van der Waals surface area contributed by atoms with Gasteiger partial charge in [-0.3, -0.25) is 9.78 Å². The number of hydrogen-bond donors (Lipinski definition) is 1. The number of pyridine rings is 2. The molecule has 2 aromatic heterocycles. The highest BCUT2D eigenvalue weighted by atomic mass is 35.5. The van der Waals surface area contributed by atoms with E-state index in [0.29, 0.717) is 16.2 Å². The first-order chi connectivity index (χ1) is 10.9. The summed E-state index contributed by atoms with van der Waals surface area (Å²) in [6.07, 6.45) is 0. The molecule has 5 heteroatoms. The Balaban J connectivity index is 1.95. The molecule has 4 nitrogen and oxygen atoms in total. The normalized spacial score (nSPS) is 10.8. The van der Waals surface area contributed by atoms with Gasteiger partial charge < -0.3 is 5.32 Å². The third-order valence-corrected chi connectivity index (χ3v) is 3.89. The largest absolute Gasteiger partial charge is 0.319 e. The second kappa shape index (κ2) is 5.97. The molecule has 0 aliphatic rings. The van der Waals surface area contributed by atoms with Crippen LogP contribution in [0.3, 0.4) is 0 Å². The number of benzene rings is 1. The zero-order valence-corrected chi connectivity index (χ0v) is 13.9. The van der Waals surface area contributed by atoms with E-state index in [4.69, 9.17) is 11.6 Å². The number of rotatable bonds is 2. The third kappa shape index (κ3) is 3.17. The molecule has 23 heavy (non-hydrogen) atoms. The lowest BCUT2D eigenvalue weighted by molar-refractivity contribution is 0.102. The van der Waals surface area contributed by atoms with Crippen LogP contribution in [0.5, 0.6) is 0 Å². The van der Waals surface area contributed by atoms with Crippen LogP contribution in [0, 0.1) is 20.8 Å². The van der Waals surface area contributed by atoms with Crippen molar-refractivity contribution in [1.82, 2.24) is 9.97 Å². The lowest BCUT2D eigenvalue weighted by Gasteiger charge is -2.12. The number of aryl methyl sites for hydroxylation is 3. The number of carbonyl (C=O) groups is 1. The van der Waals surface area contributed by atoms with Gasteiger partial charge in [-0.25, -0.2) is 4.98 Å². The Morgan fingerprint density at radius 3 is 2.52 bits per heavy atom. The van der Waals surface area contributed by atoms with Crippen LogP contribution in [0.4, 0.5) is 5.69 Å². The smallest absolute Gasteiger partial charge is 0.274 e. The van der Waals surface area contributed by atoms with Crippen LogP contribution in [0.1, 0.15) is 27.4 Å². The van der Waals surface area contributed by atoms with Gasteiger partial charge in [0.25, 0.3) is 5.91 Å². The molecule has 0 unspecified atom stereocenters. The van der Waals surface area contributed by atoms with Crippen molar-refractivity contribution in [2.75, 3.05) is 5.32 Å². The van der Waals surface area contributed by atoms with E-state index in [-0.39, 0.29) is 5.91 Å². The van der Waals surface area contributed by atoms with E-state index in [2.05, 4.69) is 15.3 Å². The molecule has 1 N–H and O–H groups in total. The molecule has 0 radical (unpaired) electrons. The first-order valence-electron chi connectivity index (χ1n) is 7.26. The number of fused-ring (bicyclic) bond motifs is 1. The molecule has 0 fully saturated rings. The number of aromatic nitrogens is 2. The summed E-state index contributed by atoms with van der Waals surface area (Å²) in [6.45, 7) is 5.76. The van der Waals surface area contributed by atoms with E-state index in [1.165, 1.54) is 0 Å². The first kappa shape index (κ1) is 15.4. The second-order valence-electron chi connectivity index (χ2n) is 5.53. The van der Waals surface area contributed by atoms with Crippen molar-refractivity contribution in [3.8, 4) is 0 Å². The summed E-state index contributed by atoms with van der Waals surface area (Å²) >= 11 is 5.99. The van der Waals surface area contributed by atoms with Crippen LogP contribution in [-0.2, 0) is 0 Å². The summed E-state index contributed by atoms with van der Waals surface area (Å²) in [5.41, 5.74) is 4.47. The number of nitrogens with zero attached hydrogens (tertiary/aromatic N) is 2. The fourth-order valence-electron chi connectivity index (χ4n) is 2.61. The van der Waals surface area contributed by atoms with Gasteiger partial charge in [-0.1, -0.05) is 23.7 Å². The van der Waals surface area contributed by atoms with Crippen molar-refractivity contribution in [2.45, 2.75) is 20.8 Å². The molecular weight excluding hydrogens is 310 g/mol. The van der Waals surface area contributed by atoms with Gasteiger partial charge in [0.05, 0.1) is 16.9 Å². The number of halogens is 1. The molecule has 116 valence electrons. The van der Waals surface area contributed by atoms with Crippen LogP contribution in [0.2, 0.25) is 5.02 Å². The maximum Gasteiger partial charge on any atom is 0.274 e. The molecule has 0 atom stereocenters. The maximum atomic E-state index is 12.5. The zero-order valence-electron chi connectivity index (χ0n) is 13.1. The van der Waals surface area contributed by atoms with Crippen LogP contribution in [0.25, 0.3) is 10.9 Å². The van der Waals surface area contributed by atoms with Gasteiger partial charge in [-0.2, -0.15) is 0 Å². The molecule has 1 amide bonds. The van der Waals surface area contributed by atoms with Gasteiger partial charge in [-0.05, 0) is 50.6 Å². The van der Waals surface area contributed by atoms with E-state index in [1.807, 2.05) is 39.0 Å². The average Bonchev–Trinajstić information content (AvgIpc) is 2.49. The summed E-state index contributed by atoms with van der Waals surface area (Å²) in [5.74, 6) is -0.260. The molecule has 2 heterocycles. The fourth-order valence-corrected chi connectivity index (χ4v) is 2.77. The van der Waals surface area contributed by atoms with E-state index in [0.717, 1.165) is 28.0 Å². The van der Waals surface area contributed by atoms with Crippen molar-refractivity contribution >= 4 is 34.1 Å². The summed E-state index contributed by atoms with van der Waals surface area (Å²) in [4.78, 5) is 21.3. The molecular formula is C18H16ClN3O. The van der Waals surface area contributed by atoms with E-state index < -0.39 is 0 Å². The number of anilines is 1. The van der Waals surface area contributed by atoms with E-state index in [1.54, 1.807) is 18.2 Å². The quantitative estimate of drug-likeness (QED) is 0.756. The van der Waals surface area contributed by atoms with Gasteiger partial charge in [0.15, 0.2) is 0 Å². The number of hydrogen-bond acceptors (Lipinski definition) is 3. The topological polar surface area (TPSA) is 54.9 Å². The molecule has 0 aliphatic heterocycles. The highest BCUT2D eigenvalue weighted by molar-refractivity contribution is 6.31. The molecule has 3 aromatic rings. The Hall–Kier alpha value is -2.46. The van der Waals surface area contributed by atoms with Crippen molar-refractivity contribution in [3.05, 3.63) is 64.1 Å². The van der Waals surface area contributed by atoms with Gasteiger partial charge in [0.2, 0.25) is 0 Å². The minimum Gasteiger partial charge on any atom is -0.319 e. The van der Waals surface area contributed by atoms with Gasteiger partial charge in [0.1, 0.15) is 5.69 Å². The molecule has 1 aromatic carbocycles. The summed E-state index contributed by atoms with van der Waals surface area (Å²) < 4.78 is 0. The predicted octanol–water partition coefficient (Wildman–Crippen LogP) is 4.46. The highest BCUT2D eigenvalue weighted by Crippen LogP contribution is 2.21. The highest BCUT2D eigenvalue weighted by Gasteiger charge is 2.13. The van der Waals surface area contributed by atoms with Gasteiger partial charge >= 0.3 is 0 Å². The average molecular weight is 326 g/mol. The van der Waals surface area contributed by atoms with E-state index >= 15 is 0 Å². The van der Waals surface area contributed by atoms with E-state index in [9.17, 15) is 4.79 Å². The summed E-state index contributed by atoms with van der Waals surface area (Å²) in [5, 5.41) is 4.44. The van der Waals surface area contributed by atoms with Crippen molar-refractivity contribution < 1.29 is 4.79 Å². The van der Waals surface area contributed by atoms with Crippen molar-refractivity contribution in [3.63, 3.8) is 0 Å². The Kier molecular flexibility index (Phi) is 4.01. The Morgan fingerprint density at radius 1 is 1.04 bits per heavy atom. The SMILES string of the molecule is Cc1cc(C)c(NC(=O)c2ccc3ccc(Cl)cc3n2)c(C)n1. The molecule has 0 spiro atoms. The van der Waals surface area contributed by atoms with Crippen LogP contribution < -0.4 is 5.32 Å². The summed E-state index contributed by atoms with van der Waals surface area (Å²) in [6, 6.07) is 10.9. The molecule has 0 saturated heterocycles. The Labute approximate surface area is 139 Å². The first-order valence-corrected chi connectivity index (χ1v) is 7.64. The minimum atomic E-state index is -0.260.